The molecule has 0 radical (unpaired) electrons. The molecule has 3 aromatic rings. The second kappa shape index (κ2) is 13.8. The zero-order valence-electron chi connectivity index (χ0n) is 23.4. The molecule has 1 aromatic carbocycles. The normalized spacial score (nSPS) is 14.8. The molecule has 41 heavy (non-hydrogen) atoms. The third-order valence-electron chi connectivity index (χ3n) is 7.22. The summed E-state index contributed by atoms with van der Waals surface area (Å²) in [6, 6.07) is 11.3. The van der Waals surface area contributed by atoms with Gasteiger partial charge in [0.25, 0.3) is 5.56 Å². The van der Waals surface area contributed by atoms with Crippen molar-refractivity contribution in [2.75, 3.05) is 44.2 Å². The number of carbonyl (C=O) groups is 2. The number of ketones is 1. The van der Waals surface area contributed by atoms with Gasteiger partial charge in [0, 0.05) is 70.8 Å². The van der Waals surface area contributed by atoms with Crippen LogP contribution in [0.1, 0.15) is 27.9 Å². The lowest BCUT2D eigenvalue weighted by Crippen LogP contribution is -2.49. The maximum atomic E-state index is 12.8. The highest BCUT2D eigenvalue weighted by molar-refractivity contribution is 6.07. The van der Waals surface area contributed by atoms with Crippen LogP contribution in [0.3, 0.4) is 0 Å². The van der Waals surface area contributed by atoms with Gasteiger partial charge in [0.1, 0.15) is 11.9 Å². The number of pyridine rings is 1. The van der Waals surface area contributed by atoms with Crippen LogP contribution in [0.15, 0.2) is 70.5 Å². The Morgan fingerprint density at radius 3 is 2.46 bits per heavy atom. The lowest BCUT2D eigenvalue weighted by atomic mass is 9.97. The minimum Gasteiger partial charge on any atom is -0.464 e. The molecular formula is C30H36N6O5. The molecule has 1 aliphatic rings. The zero-order chi connectivity index (χ0) is 29.4. The first-order chi connectivity index (χ1) is 19.7. The molecule has 1 saturated heterocycles. The number of allylic oxidation sites excluding steroid dienone is 1. The molecule has 2 aromatic heterocycles. The van der Waals surface area contributed by atoms with Crippen molar-refractivity contribution in [3.8, 4) is 0 Å². The molecule has 0 unspecified atom stereocenters. The minimum absolute atomic E-state index is 0.171. The van der Waals surface area contributed by atoms with Gasteiger partial charge in [0.05, 0.1) is 6.61 Å². The summed E-state index contributed by atoms with van der Waals surface area (Å²) in [7, 11) is 3.14. The Balaban J connectivity index is 1.21. The van der Waals surface area contributed by atoms with Crippen LogP contribution in [0.4, 0.5) is 5.82 Å². The van der Waals surface area contributed by atoms with Crippen molar-refractivity contribution in [2.24, 2.45) is 19.8 Å². The van der Waals surface area contributed by atoms with E-state index < -0.39 is 12.0 Å². The highest BCUT2D eigenvalue weighted by Crippen LogP contribution is 2.15. The second-order valence-electron chi connectivity index (χ2n) is 10.0. The SMILES string of the molecule is Cn1c(N2CCN(CCCOC(=O)[C@@H](N)Cc3ccccc3C(=O)C=Cc3ccncc3)CC2)cc(=O)n(C)c1=O. The van der Waals surface area contributed by atoms with Crippen LogP contribution in [0.5, 0.6) is 0 Å². The topological polar surface area (TPSA) is 133 Å². The number of benzene rings is 1. The zero-order valence-corrected chi connectivity index (χ0v) is 23.4. The monoisotopic (exact) mass is 560 g/mol. The van der Waals surface area contributed by atoms with Crippen LogP contribution in [0, 0.1) is 0 Å². The summed E-state index contributed by atoms with van der Waals surface area (Å²) in [5, 5.41) is 0. The smallest absolute Gasteiger partial charge is 0.332 e. The molecule has 4 rings (SSSR count). The quantitative estimate of drug-likeness (QED) is 0.158. The van der Waals surface area contributed by atoms with Crippen LogP contribution in [-0.2, 0) is 30.0 Å². The standard InChI is InChI=1S/C30H36N6O5/c1-33-27(21-28(38)34(2)30(33)40)36-17-15-35(16-18-36)14-5-19-41-29(39)25(31)20-23-6-3-4-7-24(23)26(37)9-8-22-10-12-32-13-11-22/h3-4,6-13,21,25H,5,14-20,31H2,1-2H3/t25-/m0/s1. The Morgan fingerprint density at radius 2 is 1.73 bits per heavy atom. The van der Waals surface area contributed by atoms with Crippen LogP contribution in [0.25, 0.3) is 6.08 Å². The van der Waals surface area contributed by atoms with Crippen molar-refractivity contribution in [1.82, 2.24) is 19.0 Å². The van der Waals surface area contributed by atoms with E-state index in [0.29, 0.717) is 36.5 Å². The van der Waals surface area contributed by atoms with Crippen LogP contribution in [0.2, 0.25) is 0 Å². The van der Waals surface area contributed by atoms with Gasteiger partial charge in [0.2, 0.25) is 0 Å². The number of esters is 1. The number of anilines is 1. The van der Waals surface area contributed by atoms with E-state index in [0.717, 1.165) is 29.8 Å². The molecule has 3 heterocycles. The molecule has 11 heteroatoms. The van der Waals surface area contributed by atoms with Gasteiger partial charge in [0.15, 0.2) is 5.78 Å². The predicted molar refractivity (Wildman–Crippen MR) is 157 cm³/mol. The summed E-state index contributed by atoms with van der Waals surface area (Å²) < 4.78 is 8.02. The number of hydrogen-bond acceptors (Lipinski definition) is 9. The summed E-state index contributed by atoms with van der Waals surface area (Å²) in [5.41, 5.74) is 7.53. The van der Waals surface area contributed by atoms with E-state index in [2.05, 4.69) is 9.88 Å². The van der Waals surface area contributed by atoms with Crippen LogP contribution in [-0.4, -0.2) is 76.1 Å². The lowest BCUT2D eigenvalue weighted by molar-refractivity contribution is -0.145. The molecule has 0 bridgehead atoms. The second-order valence-corrected chi connectivity index (χ2v) is 10.0. The highest BCUT2D eigenvalue weighted by Gasteiger charge is 2.21. The van der Waals surface area contributed by atoms with Gasteiger partial charge in [-0.3, -0.25) is 33.4 Å². The summed E-state index contributed by atoms with van der Waals surface area (Å²) >= 11 is 0. The molecule has 1 atom stereocenters. The van der Waals surface area contributed by atoms with E-state index in [9.17, 15) is 19.2 Å². The van der Waals surface area contributed by atoms with E-state index in [-0.39, 0.29) is 30.1 Å². The Hall–Kier alpha value is -4.35. The van der Waals surface area contributed by atoms with Gasteiger partial charge in [-0.25, -0.2) is 4.79 Å². The minimum atomic E-state index is -0.887. The fourth-order valence-corrected chi connectivity index (χ4v) is 4.79. The maximum absolute atomic E-state index is 12.8. The molecule has 0 aliphatic carbocycles. The van der Waals surface area contributed by atoms with Crippen molar-refractivity contribution >= 4 is 23.6 Å². The lowest BCUT2D eigenvalue weighted by Gasteiger charge is -2.36. The first-order valence-electron chi connectivity index (χ1n) is 13.6. The fraction of sp³-hybridized carbons (Fsp3) is 0.367. The van der Waals surface area contributed by atoms with Crippen molar-refractivity contribution in [1.29, 1.82) is 0 Å². The highest BCUT2D eigenvalue weighted by atomic mass is 16.5. The number of rotatable bonds is 11. The average molecular weight is 561 g/mol. The van der Waals surface area contributed by atoms with Gasteiger partial charge in [-0.2, -0.15) is 0 Å². The third kappa shape index (κ3) is 7.65. The fourth-order valence-electron chi connectivity index (χ4n) is 4.79. The van der Waals surface area contributed by atoms with Gasteiger partial charge in [-0.15, -0.1) is 0 Å². The number of carbonyl (C=O) groups excluding carboxylic acids is 2. The van der Waals surface area contributed by atoms with E-state index in [1.807, 2.05) is 11.0 Å². The summed E-state index contributed by atoms with van der Waals surface area (Å²) in [4.78, 5) is 58.0. The number of ether oxygens (including phenoxy) is 1. The average Bonchev–Trinajstić information content (AvgIpc) is 3.00. The number of hydrogen-bond donors (Lipinski definition) is 1. The first-order valence-corrected chi connectivity index (χ1v) is 13.6. The maximum Gasteiger partial charge on any atom is 0.332 e. The Labute approximate surface area is 238 Å². The van der Waals surface area contributed by atoms with E-state index in [4.69, 9.17) is 10.5 Å². The van der Waals surface area contributed by atoms with Gasteiger partial charge in [-0.1, -0.05) is 30.3 Å². The van der Waals surface area contributed by atoms with Gasteiger partial charge >= 0.3 is 11.7 Å². The van der Waals surface area contributed by atoms with E-state index in [1.54, 1.807) is 55.8 Å². The number of aromatic nitrogens is 3. The summed E-state index contributed by atoms with van der Waals surface area (Å²) in [6.07, 6.45) is 7.38. The number of nitrogens with two attached hydrogens (primary N) is 1. The van der Waals surface area contributed by atoms with E-state index in [1.165, 1.54) is 23.8 Å². The van der Waals surface area contributed by atoms with Crippen molar-refractivity contribution in [2.45, 2.75) is 18.9 Å². The molecule has 11 nitrogen and oxygen atoms in total. The van der Waals surface area contributed by atoms with Gasteiger partial charge in [-0.05, 0) is 42.2 Å². The molecule has 1 fully saturated rings. The molecule has 0 amide bonds. The molecular weight excluding hydrogens is 524 g/mol. The Kier molecular flexibility index (Phi) is 9.99. The number of piperazine rings is 1. The molecule has 0 spiro atoms. The summed E-state index contributed by atoms with van der Waals surface area (Å²) in [5.74, 6) is -0.0558. The largest absolute Gasteiger partial charge is 0.464 e. The van der Waals surface area contributed by atoms with Crippen molar-refractivity contribution < 1.29 is 14.3 Å². The summed E-state index contributed by atoms with van der Waals surface area (Å²) in [6.45, 7) is 3.87. The Morgan fingerprint density at radius 1 is 1.02 bits per heavy atom. The third-order valence-corrected chi connectivity index (χ3v) is 7.22. The molecule has 2 N–H and O–H groups in total. The predicted octanol–water partition coefficient (Wildman–Crippen LogP) is 1.00. The van der Waals surface area contributed by atoms with Gasteiger partial charge < -0.3 is 15.4 Å². The Bertz CT molecular complexity index is 1510. The number of nitrogens with zero attached hydrogens (tertiary/aromatic N) is 5. The molecule has 0 saturated carbocycles. The van der Waals surface area contributed by atoms with Crippen molar-refractivity contribution in [3.63, 3.8) is 0 Å². The van der Waals surface area contributed by atoms with Crippen molar-refractivity contribution in [3.05, 3.63) is 98.5 Å². The van der Waals surface area contributed by atoms with E-state index >= 15 is 0 Å². The molecule has 216 valence electrons. The van der Waals surface area contributed by atoms with Crippen LogP contribution >= 0.6 is 0 Å². The van der Waals surface area contributed by atoms with Crippen LogP contribution < -0.4 is 21.9 Å². The first kappa shape index (κ1) is 29.6. The molecule has 1 aliphatic heterocycles.